The Morgan fingerprint density at radius 1 is 1.30 bits per heavy atom. The van der Waals surface area contributed by atoms with Crippen molar-refractivity contribution in [3.63, 3.8) is 0 Å². The number of ether oxygens (including phenoxy) is 1. The number of hydrogen-bond acceptors (Lipinski definition) is 4. The van der Waals surface area contributed by atoms with Crippen LogP contribution in [0.3, 0.4) is 0 Å². The van der Waals surface area contributed by atoms with Crippen LogP contribution < -0.4 is 15.2 Å². The van der Waals surface area contributed by atoms with E-state index in [0.717, 1.165) is 19.3 Å². The summed E-state index contributed by atoms with van der Waals surface area (Å²) in [6.07, 6.45) is 3.08. The fourth-order valence-corrected chi connectivity index (χ4v) is 3.86. The van der Waals surface area contributed by atoms with E-state index in [-0.39, 0.29) is 10.9 Å². The highest BCUT2D eigenvalue weighted by atomic mass is 32.2. The van der Waals surface area contributed by atoms with Crippen molar-refractivity contribution in [2.75, 3.05) is 13.2 Å². The normalized spacial score (nSPS) is 22.9. The molecule has 0 amide bonds. The van der Waals surface area contributed by atoms with Crippen LogP contribution in [-0.2, 0) is 10.0 Å². The van der Waals surface area contributed by atoms with Crippen LogP contribution in [0.1, 0.15) is 26.2 Å². The Morgan fingerprint density at radius 3 is 2.55 bits per heavy atom. The van der Waals surface area contributed by atoms with Gasteiger partial charge < -0.3 is 10.5 Å². The second kappa shape index (κ2) is 6.56. The summed E-state index contributed by atoms with van der Waals surface area (Å²) in [7, 11) is -3.44. The maximum Gasteiger partial charge on any atom is 0.240 e. The third-order valence-corrected chi connectivity index (χ3v) is 5.19. The SMILES string of the molecule is CC1CCCC1NS(=O)(=O)c1ccc(OCCN)cc1. The van der Waals surface area contributed by atoms with E-state index in [4.69, 9.17) is 10.5 Å². The molecule has 0 bridgehead atoms. The van der Waals surface area contributed by atoms with Gasteiger partial charge in [-0.05, 0) is 43.0 Å². The molecule has 0 saturated heterocycles. The van der Waals surface area contributed by atoms with Crippen molar-refractivity contribution < 1.29 is 13.2 Å². The van der Waals surface area contributed by atoms with Gasteiger partial charge in [-0.1, -0.05) is 13.3 Å². The maximum atomic E-state index is 12.3. The molecule has 2 unspecified atom stereocenters. The summed E-state index contributed by atoms with van der Waals surface area (Å²) in [5.41, 5.74) is 5.35. The van der Waals surface area contributed by atoms with Gasteiger partial charge in [-0.3, -0.25) is 0 Å². The summed E-state index contributed by atoms with van der Waals surface area (Å²) in [5, 5.41) is 0. The second-order valence-electron chi connectivity index (χ2n) is 5.24. The van der Waals surface area contributed by atoms with Crippen molar-refractivity contribution in [1.82, 2.24) is 4.72 Å². The van der Waals surface area contributed by atoms with Crippen LogP contribution in [0.4, 0.5) is 0 Å². The van der Waals surface area contributed by atoms with Gasteiger partial charge in [0.25, 0.3) is 0 Å². The van der Waals surface area contributed by atoms with E-state index in [0.29, 0.717) is 24.8 Å². The fourth-order valence-electron chi connectivity index (χ4n) is 2.48. The Hall–Kier alpha value is -1.11. The van der Waals surface area contributed by atoms with Gasteiger partial charge in [0.15, 0.2) is 0 Å². The van der Waals surface area contributed by atoms with Crippen molar-refractivity contribution >= 4 is 10.0 Å². The van der Waals surface area contributed by atoms with Crippen molar-refractivity contribution in [1.29, 1.82) is 0 Å². The Morgan fingerprint density at radius 2 is 2.00 bits per heavy atom. The van der Waals surface area contributed by atoms with Gasteiger partial charge in [0.1, 0.15) is 12.4 Å². The summed E-state index contributed by atoms with van der Waals surface area (Å²) < 4.78 is 32.7. The molecule has 0 aromatic heterocycles. The van der Waals surface area contributed by atoms with E-state index >= 15 is 0 Å². The fraction of sp³-hybridized carbons (Fsp3) is 0.571. The van der Waals surface area contributed by atoms with Crippen molar-refractivity contribution in [3.8, 4) is 5.75 Å². The van der Waals surface area contributed by atoms with Gasteiger partial charge in [0.2, 0.25) is 10.0 Å². The third kappa shape index (κ3) is 3.71. The van der Waals surface area contributed by atoms with E-state index in [1.807, 2.05) is 0 Å². The van der Waals surface area contributed by atoms with Crippen LogP contribution in [0.25, 0.3) is 0 Å². The number of hydrogen-bond donors (Lipinski definition) is 2. The molecule has 1 aliphatic rings. The molecule has 6 heteroatoms. The highest BCUT2D eigenvalue weighted by molar-refractivity contribution is 7.89. The van der Waals surface area contributed by atoms with Gasteiger partial charge in [0.05, 0.1) is 4.90 Å². The number of nitrogens with two attached hydrogens (primary N) is 1. The van der Waals surface area contributed by atoms with Crippen LogP contribution >= 0.6 is 0 Å². The van der Waals surface area contributed by atoms with Crippen molar-refractivity contribution in [3.05, 3.63) is 24.3 Å². The Bertz CT molecular complexity index is 528. The van der Waals surface area contributed by atoms with Gasteiger partial charge in [-0.2, -0.15) is 0 Å². The Balaban J connectivity index is 2.05. The summed E-state index contributed by atoms with van der Waals surface area (Å²) in [5.74, 6) is 1.03. The average molecular weight is 298 g/mol. The zero-order valence-corrected chi connectivity index (χ0v) is 12.5. The molecule has 0 heterocycles. The average Bonchev–Trinajstić information content (AvgIpc) is 2.82. The van der Waals surface area contributed by atoms with Crippen LogP contribution in [0.2, 0.25) is 0 Å². The Kier molecular flexibility index (Phi) is 5.01. The lowest BCUT2D eigenvalue weighted by molar-refractivity contribution is 0.328. The molecule has 1 saturated carbocycles. The number of rotatable bonds is 6. The van der Waals surface area contributed by atoms with Crippen LogP contribution in [0.15, 0.2) is 29.2 Å². The molecule has 0 spiro atoms. The minimum Gasteiger partial charge on any atom is -0.492 e. The molecule has 112 valence electrons. The standard InChI is InChI=1S/C14H22N2O3S/c1-11-3-2-4-14(11)16-20(17,18)13-7-5-12(6-8-13)19-10-9-15/h5-8,11,14,16H,2-4,9-10,15H2,1H3. The van der Waals surface area contributed by atoms with E-state index in [9.17, 15) is 8.42 Å². The molecule has 2 rings (SSSR count). The molecule has 0 radical (unpaired) electrons. The molecule has 1 fully saturated rings. The minimum absolute atomic E-state index is 0.0492. The van der Waals surface area contributed by atoms with Gasteiger partial charge >= 0.3 is 0 Å². The van der Waals surface area contributed by atoms with E-state index < -0.39 is 10.0 Å². The maximum absolute atomic E-state index is 12.3. The van der Waals surface area contributed by atoms with Crippen LogP contribution in [0, 0.1) is 5.92 Å². The predicted octanol–water partition coefficient (Wildman–Crippen LogP) is 1.49. The van der Waals surface area contributed by atoms with Crippen molar-refractivity contribution in [2.24, 2.45) is 11.7 Å². The zero-order chi connectivity index (χ0) is 14.6. The third-order valence-electron chi connectivity index (χ3n) is 3.69. The molecule has 2 atom stereocenters. The summed E-state index contributed by atoms with van der Waals surface area (Å²) >= 11 is 0. The van der Waals surface area contributed by atoms with Crippen molar-refractivity contribution in [2.45, 2.75) is 37.1 Å². The second-order valence-corrected chi connectivity index (χ2v) is 6.96. The first-order chi connectivity index (χ1) is 9.53. The summed E-state index contributed by atoms with van der Waals surface area (Å²) in [4.78, 5) is 0.275. The number of sulfonamides is 1. The lowest BCUT2D eigenvalue weighted by atomic mass is 10.1. The monoisotopic (exact) mass is 298 g/mol. The first-order valence-electron chi connectivity index (χ1n) is 6.98. The number of benzene rings is 1. The smallest absolute Gasteiger partial charge is 0.240 e. The molecule has 20 heavy (non-hydrogen) atoms. The molecular formula is C14H22N2O3S. The zero-order valence-electron chi connectivity index (χ0n) is 11.7. The molecule has 1 aliphatic carbocycles. The summed E-state index contributed by atoms with van der Waals surface area (Å²) in [6.45, 7) is 2.94. The topological polar surface area (TPSA) is 81.4 Å². The van der Waals surface area contributed by atoms with E-state index in [1.54, 1.807) is 24.3 Å². The molecule has 5 nitrogen and oxygen atoms in total. The van der Waals surface area contributed by atoms with Crippen LogP contribution in [0.5, 0.6) is 5.75 Å². The van der Waals surface area contributed by atoms with Gasteiger partial charge in [-0.25, -0.2) is 13.1 Å². The molecule has 3 N–H and O–H groups in total. The van der Waals surface area contributed by atoms with Gasteiger partial charge in [-0.15, -0.1) is 0 Å². The first kappa shape index (κ1) is 15.3. The van der Waals surface area contributed by atoms with Gasteiger partial charge in [0, 0.05) is 12.6 Å². The lowest BCUT2D eigenvalue weighted by Gasteiger charge is -2.17. The van der Waals surface area contributed by atoms with Crippen LogP contribution in [-0.4, -0.2) is 27.6 Å². The largest absolute Gasteiger partial charge is 0.492 e. The minimum atomic E-state index is -3.44. The first-order valence-corrected chi connectivity index (χ1v) is 8.46. The van der Waals surface area contributed by atoms with E-state index in [1.165, 1.54) is 0 Å². The molecular weight excluding hydrogens is 276 g/mol. The quantitative estimate of drug-likeness (QED) is 0.833. The molecule has 1 aromatic rings. The Labute approximate surface area is 120 Å². The number of nitrogens with one attached hydrogen (secondary N) is 1. The predicted molar refractivity (Wildman–Crippen MR) is 78.1 cm³/mol. The lowest BCUT2D eigenvalue weighted by Crippen LogP contribution is -2.36. The van der Waals surface area contributed by atoms with E-state index in [2.05, 4.69) is 11.6 Å². The highest BCUT2D eigenvalue weighted by Crippen LogP contribution is 2.26. The highest BCUT2D eigenvalue weighted by Gasteiger charge is 2.28. The molecule has 0 aliphatic heterocycles. The summed E-state index contributed by atoms with van der Waals surface area (Å²) in [6, 6.07) is 6.49. The molecule has 1 aromatic carbocycles.